The van der Waals surface area contributed by atoms with Gasteiger partial charge in [-0.2, -0.15) is 0 Å². The van der Waals surface area contributed by atoms with Gasteiger partial charge in [-0.1, -0.05) is 26.1 Å². The summed E-state index contributed by atoms with van der Waals surface area (Å²) in [7, 11) is 4.12. The van der Waals surface area contributed by atoms with Gasteiger partial charge in [-0.15, -0.1) is 0 Å². The number of nitrogens with one attached hydrogen (secondary N) is 1. The molecule has 0 aliphatic rings. The summed E-state index contributed by atoms with van der Waals surface area (Å²) in [6.45, 7) is 5.40. The Hall–Kier alpha value is -0.740. The van der Waals surface area contributed by atoms with E-state index in [1.54, 1.807) is 0 Å². The van der Waals surface area contributed by atoms with Gasteiger partial charge >= 0.3 is 0 Å². The molecular formula is C12H21N3S. The summed E-state index contributed by atoms with van der Waals surface area (Å²) in [6.07, 6.45) is 1.95. The minimum atomic E-state index is 0.634. The molecule has 0 saturated heterocycles. The molecule has 1 N–H and O–H groups in total. The Labute approximate surface area is 103 Å². The Bertz CT molecular complexity index is 382. The fourth-order valence-corrected chi connectivity index (χ4v) is 1.81. The largest absolute Gasteiger partial charge is 0.347 e. The SMILES string of the molecule is CC(C)Cc1cc(=S)nc(CCN(C)C)[nH]1. The van der Waals surface area contributed by atoms with E-state index in [0.717, 1.165) is 25.2 Å². The maximum atomic E-state index is 5.18. The number of aromatic amines is 1. The standard InChI is InChI=1S/C12H21N3S/c1-9(2)7-10-8-12(16)14-11(13-10)5-6-15(3)4/h8-9H,5-7H2,1-4H3,(H,13,14,16). The van der Waals surface area contributed by atoms with E-state index in [1.165, 1.54) is 5.69 Å². The Kier molecular flexibility index (Phi) is 5.09. The van der Waals surface area contributed by atoms with Crippen molar-refractivity contribution in [1.29, 1.82) is 0 Å². The Morgan fingerprint density at radius 1 is 1.44 bits per heavy atom. The molecule has 90 valence electrons. The first-order valence-corrected chi connectivity index (χ1v) is 6.12. The summed E-state index contributed by atoms with van der Waals surface area (Å²) in [6, 6.07) is 1.97. The second-order valence-corrected chi connectivity index (χ2v) is 5.26. The molecule has 1 aromatic heterocycles. The van der Waals surface area contributed by atoms with Crippen molar-refractivity contribution in [3.05, 3.63) is 22.2 Å². The van der Waals surface area contributed by atoms with Crippen LogP contribution in [0.4, 0.5) is 0 Å². The number of nitrogens with zero attached hydrogens (tertiary/aromatic N) is 2. The first-order valence-electron chi connectivity index (χ1n) is 5.71. The molecule has 0 saturated carbocycles. The third-order valence-electron chi connectivity index (χ3n) is 2.27. The van der Waals surface area contributed by atoms with Crippen molar-refractivity contribution in [2.45, 2.75) is 26.7 Å². The summed E-state index contributed by atoms with van der Waals surface area (Å²) in [5.41, 5.74) is 1.20. The van der Waals surface area contributed by atoms with Crippen molar-refractivity contribution in [1.82, 2.24) is 14.9 Å². The lowest BCUT2D eigenvalue weighted by Crippen LogP contribution is -2.17. The highest BCUT2D eigenvalue weighted by Crippen LogP contribution is 2.06. The predicted molar refractivity (Wildman–Crippen MR) is 70.2 cm³/mol. The van der Waals surface area contributed by atoms with Crippen LogP contribution in [0.1, 0.15) is 25.4 Å². The van der Waals surface area contributed by atoms with Gasteiger partial charge in [-0.25, -0.2) is 4.98 Å². The number of aromatic nitrogens is 2. The summed E-state index contributed by atoms with van der Waals surface area (Å²) >= 11 is 5.18. The third kappa shape index (κ3) is 4.86. The van der Waals surface area contributed by atoms with Gasteiger partial charge < -0.3 is 9.88 Å². The van der Waals surface area contributed by atoms with Gasteiger partial charge in [-0.05, 0) is 32.5 Å². The number of rotatable bonds is 5. The fourth-order valence-electron chi connectivity index (χ4n) is 1.56. The fraction of sp³-hybridized carbons (Fsp3) is 0.667. The average Bonchev–Trinajstić information content (AvgIpc) is 2.12. The summed E-state index contributed by atoms with van der Waals surface area (Å²) < 4.78 is 0.697. The predicted octanol–water partition coefficient (Wildman–Crippen LogP) is 2.44. The number of H-pyrrole nitrogens is 1. The van der Waals surface area contributed by atoms with Crippen molar-refractivity contribution in [2.75, 3.05) is 20.6 Å². The van der Waals surface area contributed by atoms with Crippen LogP contribution >= 0.6 is 12.2 Å². The molecule has 4 heteroatoms. The lowest BCUT2D eigenvalue weighted by Gasteiger charge is -2.11. The topological polar surface area (TPSA) is 31.9 Å². The van der Waals surface area contributed by atoms with Gasteiger partial charge in [0.1, 0.15) is 10.5 Å². The van der Waals surface area contributed by atoms with E-state index in [4.69, 9.17) is 12.2 Å². The van der Waals surface area contributed by atoms with Crippen molar-refractivity contribution in [3.8, 4) is 0 Å². The number of hydrogen-bond donors (Lipinski definition) is 1. The lowest BCUT2D eigenvalue weighted by molar-refractivity contribution is 0.409. The zero-order valence-corrected chi connectivity index (χ0v) is 11.4. The van der Waals surface area contributed by atoms with Crippen LogP contribution in [0.3, 0.4) is 0 Å². The molecule has 3 nitrogen and oxygen atoms in total. The quantitative estimate of drug-likeness (QED) is 0.801. The smallest absolute Gasteiger partial charge is 0.129 e. The van der Waals surface area contributed by atoms with Crippen molar-refractivity contribution >= 4 is 12.2 Å². The van der Waals surface area contributed by atoms with Gasteiger partial charge in [0.05, 0.1) is 0 Å². The van der Waals surface area contributed by atoms with Crippen LogP contribution in [0.5, 0.6) is 0 Å². The van der Waals surface area contributed by atoms with Crippen LogP contribution in [-0.2, 0) is 12.8 Å². The summed E-state index contributed by atoms with van der Waals surface area (Å²) in [4.78, 5) is 9.86. The van der Waals surface area contributed by atoms with E-state index < -0.39 is 0 Å². The molecule has 0 amide bonds. The highest BCUT2D eigenvalue weighted by Gasteiger charge is 2.02. The Morgan fingerprint density at radius 2 is 2.12 bits per heavy atom. The second kappa shape index (κ2) is 6.11. The Morgan fingerprint density at radius 3 is 2.69 bits per heavy atom. The molecule has 0 unspecified atom stereocenters. The van der Waals surface area contributed by atoms with Gasteiger partial charge in [0, 0.05) is 18.7 Å². The third-order valence-corrected chi connectivity index (χ3v) is 2.48. The molecule has 0 bridgehead atoms. The van der Waals surface area contributed by atoms with E-state index >= 15 is 0 Å². The number of likely N-dealkylation sites (N-methyl/N-ethyl adjacent to an activating group) is 1. The molecule has 1 rings (SSSR count). The Balaban J connectivity index is 2.77. The van der Waals surface area contributed by atoms with Crippen LogP contribution in [-0.4, -0.2) is 35.5 Å². The molecule has 0 atom stereocenters. The minimum absolute atomic E-state index is 0.634. The minimum Gasteiger partial charge on any atom is -0.347 e. The molecule has 0 radical (unpaired) electrons. The lowest BCUT2D eigenvalue weighted by atomic mass is 10.1. The first-order chi connectivity index (χ1) is 7.47. The number of hydrogen-bond acceptors (Lipinski definition) is 3. The molecule has 0 aliphatic carbocycles. The molecule has 0 aliphatic heterocycles. The highest BCUT2D eigenvalue weighted by molar-refractivity contribution is 7.71. The maximum Gasteiger partial charge on any atom is 0.129 e. The van der Waals surface area contributed by atoms with Gasteiger partial charge in [0.2, 0.25) is 0 Å². The van der Waals surface area contributed by atoms with Crippen molar-refractivity contribution in [2.24, 2.45) is 5.92 Å². The van der Waals surface area contributed by atoms with E-state index in [0.29, 0.717) is 10.6 Å². The maximum absolute atomic E-state index is 5.18. The van der Waals surface area contributed by atoms with Crippen LogP contribution in [0.2, 0.25) is 0 Å². The van der Waals surface area contributed by atoms with Crippen LogP contribution in [0.15, 0.2) is 6.07 Å². The van der Waals surface area contributed by atoms with Crippen LogP contribution in [0, 0.1) is 10.6 Å². The van der Waals surface area contributed by atoms with E-state index in [-0.39, 0.29) is 0 Å². The van der Waals surface area contributed by atoms with Crippen molar-refractivity contribution in [3.63, 3.8) is 0 Å². The van der Waals surface area contributed by atoms with Gasteiger partial charge in [-0.3, -0.25) is 0 Å². The molecule has 0 spiro atoms. The average molecular weight is 239 g/mol. The molecular weight excluding hydrogens is 218 g/mol. The molecule has 16 heavy (non-hydrogen) atoms. The first kappa shape index (κ1) is 13.3. The monoisotopic (exact) mass is 239 g/mol. The summed E-state index contributed by atoms with van der Waals surface area (Å²) in [5, 5.41) is 0. The van der Waals surface area contributed by atoms with Crippen molar-refractivity contribution < 1.29 is 0 Å². The normalized spacial score (nSPS) is 11.4. The zero-order chi connectivity index (χ0) is 12.1. The molecule has 1 aromatic rings. The zero-order valence-electron chi connectivity index (χ0n) is 10.6. The summed E-state index contributed by atoms with van der Waals surface area (Å²) in [5.74, 6) is 1.63. The van der Waals surface area contributed by atoms with Gasteiger partial charge in [0.15, 0.2) is 0 Å². The van der Waals surface area contributed by atoms with Crippen LogP contribution in [0.25, 0.3) is 0 Å². The molecule has 1 heterocycles. The molecule has 0 fully saturated rings. The van der Waals surface area contributed by atoms with E-state index in [1.807, 2.05) is 6.07 Å². The van der Waals surface area contributed by atoms with E-state index in [2.05, 4.69) is 42.8 Å². The van der Waals surface area contributed by atoms with Crippen LogP contribution < -0.4 is 0 Å². The highest BCUT2D eigenvalue weighted by atomic mass is 32.1. The van der Waals surface area contributed by atoms with Gasteiger partial charge in [0.25, 0.3) is 0 Å². The molecule has 0 aromatic carbocycles. The van der Waals surface area contributed by atoms with E-state index in [9.17, 15) is 0 Å². The second-order valence-electron chi connectivity index (χ2n) is 4.84.